The van der Waals surface area contributed by atoms with Crippen LogP contribution in [0.1, 0.15) is 13.8 Å². The molecule has 0 aromatic heterocycles. The van der Waals surface area contributed by atoms with Crippen molar-refractivity contribution >= 4 is 11.8 Å². The number of ketones is 1. The molecule has 3 rings (SSSR count). The van der Waals surface area contributed by atoms with Gasteiger partial charge in [-0.25, -0.2) is 0 Å². The number of carbonyl (C=O) groups excluding carboxylic acids is 2. The minimum Gasteiger partial charge on any atom is -0.465 e. The molecule has 70 valence electrons. The summed E-state index contributed by atoms with van der Waals surface area (Å²) in [7, 11) is 0. The second kappa shape index (κ2) is 1.66. The van der Waals surface area contributed by atoms with Gasteiger partial charge < -0.3 is 9.47 Å². The zero-order chi connectivity index (χ0) is 9.43. The Hall–Kier alpha value is -0.900. The molecule has 4 atom stereocenters. The molecule has 2 saturated heterocycles. The lowest BCUT2D eigenvalue weighted by atomic mass is 9.90. The number of esters is 1. The zero-order valence-electron chi connectivity index (χ0n) is 7.49. The predicted molar refractivity (Wildman–Crippen MR) is 40.8 cm³/mol. The Balaban J connectivity index is 2.11. The highest BCUT2D eigenvalue weighted by Crippen LogP contribution is 2.63. The fourth-order valence-electron chi connectivity index (χ4n) is 2.77. The fourth-order valence-corrected chi connectivity index (χ4v) is 2.77. The normalized spacial score (nSPS) is 57.4. The van der Waals surface area contributed by atoms with Crippen LogP contribution in [0.4, 0.5) is 0 Å². The summed E-state index contributed by atoms with van der Waals surface area (Å²) >= 11 is 0. The number of carbonyl (C=O) groups is 2. The van der Waals surface area contributed by atoms with Gasteiger partial charge in [-0.1, -0.05) is 0 Å². The molecule has 13 heavy (non-hydrogen) atoms. The van der Waals surface area contributed by atoms with E-state index >= 15 is 0 Å². The summed E-state index contributed by atoms with van der Waals surface area (Å²) in [5.74, 6) is -0.853. The van der Waals surface area contributed by atoms with Gasteiger partial charge in [-0.05, 0) is 13.8 Å². The van der Waals surface area contributed by atoms with E-state index in [1.54, 1.807) is 6.92 Å². The summed E-state index contributed by atoms with van der Waals surface area (Å²) in [5, 5.41) is 0. The maximum atomic E-state index is 11.7. The van der Waals surface area contributed by atoms with Crippen LogP contribution in [-0.4, -0.2) is 29.6 Å². The highest BCUT2D eigenvalue weighted by molar-refractivity contribution is 6.03. The number of ether oxygens (including phenoxy) is 2. The van der Waals surface area contributed by atoms with Crippen LogP contribution in [0.2, 0.25) is 0 Å². The Morgan fingerprint density at radius 3 is 2.69 bits per heavy atom. The minimum absolute atomic E-state index is 0.0332. The van der Waals surface area contributed by atoms with Gasteiger partial charge in [0.1, 0.15) is 18.1 Å². The molecule has 4 heteroatoms. The lowest BCUT2D eigenvalue weighted by molar-refractivity contribution is -0.143. The van der Waals surface area contributed by atoms with Gasteiger partial charge in [-0.3, -0.25) is 9.59 Å². The van der Waals surface area contributed by atoms with Gasteiger partial charge >= 0.3 is 5.97 Å². The number of cyclic esters (lactones) is 1. The molecule has 1 saturated carbocycles. The van der Waals surface area contributed by atoms with Crippen LogP contribution < -0.4 is 0 Å². The average molecular weight is 182 g/mol. The Morgan fingerprint density at radius 1 is 1.38 bits per heavy atom. The van der Waals surface area contributed by atoms with Crippen LogP contribution in [-0.2, 0) is 19.1 Å². The van der Waals surface area contributed by atoms with E-state index in [0.29, 0.717) is 0 Å². The molecule has 4 nitrogen and oxygen atoms in total. The molecule has 0 spiro atoms. The van der Waals surface area contributed by atoms with Crippen molar-refractivity contribution in [3.63, 3.8) is 0 Å². The summed E-state index contributed by atoms with van der Waals surface area (Å²) in [6.45, 7) is 3.83. The van der Waals surface area contributed by atoms with E-state index in [4.69, 9.17) is 9.47 Å². The summed E-state index contributed by atoms with van der Waals surface area (Å²) < 4.78 is 10.2. The monoisotopic (exact) mass is 182 g/mol. The average Bonchev–Trinajstić information content (AvgIpc) is 2.40. The molecule has 0 bridgehead atoms. The number of fused-ring (bicyclic) bond motifs is 3. The molecule has 0 radical (unpaired) electrons. The Labute approximate surface area is 75.2 Å². The van der Waals surface area contributed by atoms with Gasteiger partial charge in [0.15, 0.2) is 11.4 Å². The molecular formula is C9H10O4. The van der Waals surface area contributed by atoms with Crippen molar-refractivity contribution in [2.75, 3.05) is 6.61 Å². The van der Waals surface area contributed by atoms with E-state index in [-0.39, 0.29) is 30.2 Å². The predicted octanol–water partition coefficient (Wildman–Crippen LogP) is -0.0941. The van der Waals surface area contributed by atoms with Crippen molar-refractivity contribution in [3.05, 3.63) is 0 Å². The number of Topliss-reactive ketones (excluding diaryl/α,β-unsaturated/α-hetero) is 1. The molecule has 3 fully saturated rings. The lowest BCUT2D eigenvalue weighted by Crippen LogP contribution is -2.27. The van der Waals surface area contributed by atoms with Gasteiger partial charge in [-0.2, -0.15) is 0 Å². The quantitative estimate of drug-likeness (QED) is 0.388. The van der Waals surface area contributed by atoms with E-state index in [0.717, 1.165) is 0 Å². The second-order valence-corrected chi connectivity index (χ2v) is 4.32. The van der Waals surface area contributed by atoms with Crippen molar-refractivity contribution in [1.82, 2.24) is 0 Å². The Kier molecular flexibility index (Phi) is 0.959. The zero-order valence-corrected chi connectivity index (χ0v) is 7.49. The molecule has 0 amide bonds. The Bertz CT molecular complexity index is 337. The molecule has 2 heterocycles. The van der Waals surface area contributed by atoms with Crippen LogP contribution in [0.25, 0.3) is 0 Å². The van der Waals surface area contributed by atoms with E-state index in [1.165, 1.54) is 0 Å². The van der Waals surface area contributed by atoms with E-state index in [2.05, 4.69) is 0 Å². The van der Waals surface area contributed by atoms with Crippen LogP contribution in [0.5, 0.6) is 0 Å². The first kappa shape index (κ1) is 7.50. The van der Waals surface area contributed by atoms with E-state index in [1.807, 2.05) is 6.92 Å². The van der Waals surface area contributed by atoms with Gasteiger partial charge in [0.2, 0.25) is 0 Å². The molecule has 3 aliphatic rings. The summed E-state index contributed by atoms with van der Waals surface area (Å²) in [5.41, 5.74) is -1.29. The third-order valence-corrected chi connectivity index (χ3v) is 3.78. The topological polar surface area (TPSA) is 55.9 Å². The fraction of sp³-hybridized carbons (Fsp3) is 0.778. The third-order valence-electron chi connectivity index (χ3n) is 3.78. The highest BCUT2D eigenvalue weighted by Gasteiger charge is 2.83. The lowest BCUT2D eigenvalue weighted by Gasteiger charge is -2.09. The van der Waals surface area contributed by atoms with Crippen molar-refractivity contribution in [1.29, 1.82) is 0 Å². The molecule has 0 aromatic rings. The number of epoxide rings is 1. The highest BCUT2D eigenvalue weighted by atomic mass is 16.6. The molecule has 0 aromatic carbocycles. The van der Waals surface area contributed by atoms with Gasteiger partial charge in [-0.15, -0.1) is 0 Å². The molecular weight excluding hydrogens is 172 g/mol. The van der Waals surface area contributed by atoms with Crippen LogP contribution in [0.15, 0.2) is 0 Å². The maximum absolute atomic E-state index is 11.7. The minimum atomic E-state index is -0.707. The van der Waals surface area contributed by atoms with Crippen LogP contribution >= 0.6 is 0 Å². The van der Waals surface area contributed by atoms with Crippen molar-refractivity contribution in [2.24, 2.45) is 11.8 Å². The summed E-state index contributed by atoms with van der Waals surface area (Å²) in [4.78, 5) is 23.1. The SMILES string of the molecule is C[C@@]12O[C@]1(C)[C@@H]1C(=O)OC[C@H]1C2=O. The molecule has 0 N–H and O–H groups in total. The van der Waals surface area contributed by atoms with Gasteiger partial charge in [0.05, 0.1) is 5.92 Å². The van der Waals surface area contributed by atoms with Crippen molar-refractivity contribution in [3.8, 4) is 0 Å². The first-order valence-corrected chi connectivity index (χ1v) is 4.42. The second-order valence-electron chi connectivity index (χ2n) is 4.32. The maximum Gasteiger partial charge on any atom is 0.312 e. The van der Waals surface area contributed by atoms with Gasteiger partial charge in [0, 0.05) is 0 Å². The molecule has 0 unspecified atom stereocenters. The number of rotatable bonds is 0. The first-order valence-electron chi connectivity index (χ1n) is 4.42. The van der Waals surface area contributed by atoms with E-state index < -0.39 is 11.2 Å². The van der Waals surface area contributed by atoms with Crippen LogP contribution in [0, 0.1) is 11.8 Å². The van der Waals surface area contributed by atoms with Crippen molar-refractivity contribution in [2.45, 2.75) is 25.0 Å². The standard InChI is InChI=1S/C9H10O4/c1-8-5-4(3-12-7(5)11)6(10)9(8,2)13-8/h4-5H,3H2,1-2H3/t4-,5+,8-,9+/m1/s1. The van der Waals surface area contributed by atoms with Crippen molar-refractivity contribution < 1.29 is 19.1 Å². The summed E-state index contributed by atoms with van der Waals surface area (Å²) in [6.07, 6.45) is 0. The van der Waals surface area contributed by atoms with E-state index in [9.17, 15) is 9.59 Å². The molecule has 2 aliphatic heterocycles. The third kappa shape index (κ3) is 0.544. The smallest absolute Gasteiger partial charge is 0.312 e. The van der Waals surface area contributed by atoms with Gasteiger partial charge in [0.25, 0.3) is 0 Å². The Morgan fingerprint density at radius 2 is 2.08 bits per heavy atom. The first-order chi connectivity index (χ1) is 6.01. The molecule has 1 aliphatic carbocycles. The number of hydrogen-bond donors (Lipinski definition) is 0. The largest absolute Gasteiger partial charge is 0.465 e. The van der Waals surface area contributed by atoms with Crippen LogP contribution in [0.3, 0.4) is 0 Å². The summed E-state index contributed by atoms with van der Waals surface area (Å²) in [6, 6.07) is 0. The number of hydrogen-bond acceptors (Lipinski definition) is 4.